The Labute approximate surface area is 158 Å². The summed E-state index contributed by atoms with van der Waals surface area (Å²) in [5, 5.41) is 9.35. The number of rotatable bonds is 6. The molecule has 0 saturated carbocycles. The number of carbonyl (C=O) groups excluding carboxylic acids is 1. The predicted molar refractivity (Wildman–Crippen MR) is 97.4 cm³/mol. The molecule has 1 heterocycles. The number of esters is 1. The van der Waals surface area contributed by atoms with E-state index in [2.05, 4.69) is 25.9 Å². The van der Waals surface area contributed by atoms with Crippen molar-refractivity contribution in [1.82, 2.24) is 9.97 Å². The van der Waals surface area contributed by atoms with E-state index in [9.17, 15) is 10.1 Å². The largest absolute Gasteiger partial charge is 0.493 e. The number of aromatic nitrogens is 2. The lowest BCUT2D eigenvalue weighted by atomic mass is 10.1. The lowest BCUT2D eigenvalue weighted by molar-refractivity contribution is -0.145. The maximum Gasteiger partial charge on any atom is 0.344 e. The van der Waals surface area contributed by atoms with E-state index in [-0.39, 0.29) is 36.2 Å². The third-order valence-corrected chi connectivity index (χ3v) is 3.88. The quantitative estimate of drug-likeness (QED) is 0.666. The molecular weight excluding hydrogens is 406 g/mol. The van der Waals surface area contributed by atoms with Gasteiger partial charge in [-0.3, -0.25) is 0 Å². The van der Waals surface area contributed by atoms with Crippen LogP contribution in [-0.2, 0) is 9.53 Å². The number of nitrogens with two attached hydrogens (primary N) is 2. The Kier molecular flexibility index (Phi) is 6.19. The summed E-state index contributed by atoms with van der Waals surface area (Å²) < 4.78 is 16.1. The minimum absolute atomic E-state index is 0.0245. The average molecular weight is 422 g/mol. The van der Waals surface area contributed by atoms with E-state index in [4.69, 9.17) is 25.7 Å². The van der Waals surface area contributed by atoms with Gasteiger partial charge in [-0.2, -0.15) is 10.2 Å². The molecule has 0 aliphatic carbocycles. The van der Waals surface area contributed by atoms with E-state index in [0.717, 1.165) is 0 Å². The number of hydrogen-bond acceptors (Lipinski definition) is 9. The summed E-state index contributed by atoms with van der Waals surface area (Å²) in [6.45, 7) is 1.69. The van der Waals surface area contributed by atoms with Gasteiger partial charge in [0.25, 0.3) is 0 Å². The van der Waals surface area contributed by atoms with Crippen LogP contribution in [0.1, 0.15) is 12.5 Å². The first-order valence-electron chi connectivity index (χ1n) is 7.40. The number of halogens is 1. The molecule has 0 atom stereocenters. The number of hydrogen-bond donors (Lipinski definition) is 2. The number of ether oxygens (including phenoxy) is 3. The fraction of sp³-hybridized carbons (Fsp3) is 0.250. The van der Waals surface area contributed by atoms with Crippen LogP contribution >= 0.6 is 15.9 Å². The normalized spacial score (nSPS) is 10.1. The summed E-state index contributed by atoms with van der Waals surface area (Å²) in [4.78, 5) is 19.4. The maximum absolute atomic E-state index is 11.5. The van der Waals surface area contributed by atoms with Gasteiger partial charge >= 0.3 is 5.97 Å². The Morgan fingerprint density at radius 2 is 2.04 bits per heavy atom. The van der Waals surface area contributed by atoms with Gasteiger partial charge in [0.2, 0.25) is 5.95 Å². The molecule has 26 heavy (non-hydrogen) atoms. The first kappa shape index (κ1) is 19.3. The number of methoxy groups -OCH3 is 1. The summed E-state index contributed by atoms with van der Waals surface area (Å²) in [5.74, 6) is 0.0446. The first-order valence-corrected chi connectivity index (χ1v) is 8.19. The molecule has 0 bridgehead atoms. The summed E-state index contributed by atoms with van der Waals surface area (Å²) in [6.07, 6.45) is 0. The van der Waals surface area contributed by atoms with Gasteiger partial charge in [-0.15, -0.1) is 0 Å². The fourth-order valence-electron chi connectivity index (χ4n) is 2.13. The third-order valence-electron chi connectivity index (χ3n) is 3.23. The Balaban J connectivity index is 2.47. The van der Waals surface area contributed by atoms with E-state index in [1.165, 1.54) is 7.11 Å². The number of anilines is 2. The minimum atomic E-state index is -0.502. The van der Waals surface area contributed by atoms with Gasteiger partial charge in [-0.1, -0.05) is 0 Å². The van der Waals surface area contributed by atoms with Crippen LogP contribution in [0.3, 0.4) is 0 Å². The van der Waals surface area contributed by atoms with E-state index < -0.39 is 5.97 Å². The zero-order valence-corrected chi connectivity index (χ0v) is 15.7. The molecule has 0 radical (unpaired) electrons. The van der Waals surface area contributed by atoms with Crippen molar-refractivity contribution in [2.75, 3.05) is 31.8 Å². The lowest BCUT2D eigenvalue weighted by Gasteiger charge is -2.14. The van der Waals surface area contributed by atoms with Gasteiger partial charge in [0, 0.05) is 10.0 Å². The second-order valence-corrected chi connectivity index (χ2v) is 5.73. The Morgan fingerprint density at radius 1 is 1.31 bits per heavy atom. The second kappa shape index (κ2) is 8.35. The average Bonchev–Trinajstić information content (AvgIpc) is 2.59. The van der Waals surface area contributed by atoms with E-state index in [1.54, 1.807) is 19.1 Å². The van der Waals surface area contributed by atoms with Crippen molar-refractivity contribution < 1.29 is 19.0 Å². The molecule has 0 aliphatic heterocycles. The molecule has 136 valence electrons. The maximum atomic E-state index is 11.5. The highest BCUT2D eigenvalue weighted by Gasteiger charge is 2.19. The zero-order valence-electron chi connectivity index (χ0n) is 14.1. The van der Waals surface area contributed by atoms with Crippen LogP contribution in [0.2, 0.25) is 0 Å². The van der Waals surface area contributed by atoms with Crippen LogP contribution in [0, 0.1) is 11.3 Å². The van der Waals surface area contributed by atoms with Gasteiger partial charge in [-0.05, 0) is 35.0 Å². The Morgan fingerprint density at radius 3 is 2.65 bits per heavy atom. The molecule has 1 aromatic heterocycles. The summed E-state index contributed by atoms with van der Waals surface area (Å²) in [6, 6.07) is 5.14. The third kappa shape index (κ3) is 4.12. The van der Waals surface area contributed by atoms with E-state index in [1.807, 2.05) is 6.07 Å². The van der Waals surface area contributed by atoms with Crippen molar-refractivity contribution in [3.05, 3.63) is 22.2 Å². The number of nitrogen functional groups attached to an aromatic ring is 2. The van der Waals surface area contributed by atoms with E-state index >= 15 is 0 Å². The fourth-order valence-corrected chi connectivity index (χ4v) is 2.64. The molecular formula is C16H16BrN5O4. The smallest absolute Gasteiger partial charge is 0.344 e. The number of carbonyl (C=O) groups is 1. The highest BCUT2D eigenvalue weighted by Crippen LogP contribution is 2.39. The second-order valence-electron chi connectivity index (χ2n) is 4.88. The number of benzene rings is 1. The molecule has 0 fully saturated rings. The minimum Gasteiger partial charge on any atom is -0.493 e. The van der Waals surface area contributed by atoms with Crippen LogP contribution in [0.15, 0.2) is 16.6 Å². The van der Waals surface area contributed by atoms with Gasteiger partial charge in [0.05, 0.1) is 19.4 Å². The Hall–Kier alpha value is -3.06. The van der Waals surface area contributed by atoms with Crippen LogP contribution in [0.25, 0.3) is 11.3 Å². The van der Waals surface area contributed by atoms with Crippen molar-refractivity contribution in [1.29, 1.82) is 5.26 Å². The van der Waals surface area contributed by atoms with Crippen LogP contribution in [0.4, 0.5) is 11.8 Å². The van der Waals surface area contributed by atoms with Gasteiger partial charge in [-0.25, -0.2) is 9.78 Å². The molecule has 0 saturated heterocycles. The highest BCUT2D eigenvalue weighted by atomic mass is 79.9. The first-order chi connectivity index (χ1) is 12.4. The highest BCUT2D eigenvalue weighted by molar-refractivity contribution is 9.10. The molecule has 0 amide bonds. The van der Waals surface area contributed by atoms with Crippen LogP contribution in [-0.4, -0.2) is 36.3 Å². The Bertz CT molecular complexity index is 882. The molecule has 2 rings (SSSR count). The van der Waals surface area contributed by atoms with E-state index in [0.29, 0.717) is 21.5 Å². The van der Waals surface area contributed by atoms with Crippen molar-refractivity contribution >= 4 is 33.7 Å². The van der Waals surface area contributed by atoms with Gasteiger partial charge < -0.3 is 25.7 Å². The summed E-state index contributed by atoms with van der Waals surface area (Å²) >= 11 is 3.39. The molecule has 10 heteroatoms. The van der Waals surface area contributed by atoms with Crippen molar-refractivity contribution in [3.63, 3.8) is 0 Å². The van der Waals surface area contributed by atoms with Crippen molar-refractivity contribution in [3.8, 4) is 28.8 Å². The molecule has 0 aliphatic rings. The number of nitrogens with zero attached hydrogens (tertiary/aromatic N) is 3. The summed E-state index contributed by atoms with van der Waals surface area (Å²) in [5.41, 5.74) is 12.2. The standard InChI is InChI=1S/C16H16BrN5O4/c1-3-25-13(23)7-26-12-5-10(17)8(4-11(12)24-2)14-9(6-18)15(19)22-16(20)21-14/h4-5H,3,7H2,1-2H3,(H4,19,20,21,22). The topological polar surface area (TPSA) is 146 Å². The van der Waals surface area contributed by atoms with Crippen LogP contribution < -0.4 is 20.9 Å². The van der Waals surface area contributed by atoms with Gasteiger partial charge in [0.15, 0.2) is 18.1 Å². The molecule has 0 unspecified atom stereocenters. The molecule has 1 aromatic carbocycles. The predicted octanol–water partition coefficient (Wildman–Crippen LogP) is 1.89. The van der Waals surface area contributed by atoms with Gasteiger partial charge in [0.1, 0.15) is 17.5 Å². The summed E-state index contributed by atoms with van der Waals surface area (Å²) in [7, 11) is 1.44. The van der Waals surface area contributed by atoms with Crippen molar-refractivity contribution in [2.24, 2.45) is 0 Å². The molecule has 9 nitrogen and oxygen atoms in total. The van der Waals surface area contributed by atoms with Crippen molar-refractivity contribution in [2.45, 2.75) is 6.92 Å². The zero-order chi connectivity index (χ0) is 19.3. The SMILES string of the molecule is CCOC(=O)COc1cc(Br)c(-c2nc(N)nc(N)c2C#N)cc1OC. The van der Waals surface area contributed by atoms with Crippen LogP contribution in [0.5, 0.6) is 11.5 Å². The molecule has 4 N–H and O–H groups in total. The molecule has 0 spiro atoms. The number of nitriles is 1. The monoisotopic (exact) mass is 421 g/mol. The lowest BCUT2D eigenvalue weighted by Crippen LogP contribution is -2.15. The molecule has 2 aromatic rings.